The molecule has 1 aromatic carbocycles. The molecule has 110 valence electrons. The molecule has 3 N–H and O–H groups in total. The molecule has 20 heavy (non-hydrogen) atoms. The molecule has 0 aliphatic carbocycles. The quantitative estimate of drug-likeness (QED) is 0.458. The van der Waals surface area contributed by atoms with Crippen LogP contribution in [0.4, 0.5) is 11.4 Å². The summed E-state index contributed by atoms with van der Waals surface area (Å²) in [5, 5.41) is 13.2. The van der Waals surface area contributed by atoms with Crippen LogP contribution in [0.25, 0.3) is 0 Å². The zero-order chi connectivity index (χ0) is 15.5. The number of nitrogens with zero attached hydrogens (tertiary/aromatic N) is 1. The zero-order valence-corrected chi connectivity index (χ0v) is 11.8. The summed E-state index contributed by atoms with van der Waals surface area (Å²) in [6.45, 7) is 1.50. The fourth-order valence-corrected chi connectivity index (χ4v) is 2.68. The molecule has 1 rings (SSSR count). The Balaban J connectivity index is 2.98. The van der Waals surface area contributed by atoms with E-state index in [4.69, 9.17) is 5.73 Å². The van der Waals surface area contributed by atoms with Gasteiger partial charge >= 0.3 is 0 Å². The number of nitrogens with one attached hydrogen (secondary N) is 1. The highest BCUT2D eigenvalue weighted by molar-refractivity contribution is 7.90. The summed E-state index contributed by atoms with van der Waals surface area (Å²) in [5.74, 6) is -0.991. The molecule has 0 fully saturated rings. The standard InChI is InChI=1S/C11H15N3O5S/c1-7(6-20(2,18)19)13-11(15)9-5-8(12)3-4-10(9)14(16)17/h3-5,7H,6,12H2,1-2H3,(H,13,15). The Labute approximate surface area is 116 Å². The number of sulfone groups is 1. The molecule has 0 aromatic heterocycles. The van der Waals surface area contributed by atoms with E-state index in [0.29, 0.717) is 0 Å². The minimum absolute atomic E-state index is 0.199. The van der Waals surface area contributed by atoms with E-state index in [1.165, 1.54) is 19.1 Å². The van der Waals surface area contributed by atoms with Gasteiger partial charge in [0.25, 0.3) is 11.6 Å². The smallest absolute Gasteiger partial charge is 0.282 e. The molecule has 0 saturated heterocycles. The van der Waals surface area contributed by atoms with Gasteiger partial charge in [-0.3, -0.25) is 14.9 Å². The molecule has 0 spiro atoms. The Kier molecular flexibility index (Phi) is 4.66. The fraction of sp³-hybridized carbons (Fsp3) is 0.364. The summed E-state index contributed by atoms with van der Waals surface area (Å²) in [7, 11) is -3.26. The van der Waals surface area contributed by atoms with Crippen LogP contribution in [0.1, 0.15) is 17.3 Å². The van der Waals surface area contributed by atoms with Crippen molar-refractivity contribution >= 4 is 27.1 Å². The van der Waals surface area contributed by atoms with E-state index in [-0.39, 0.29) is 22.7 Å². The van der Waals surface area contributed by atoms with Crippen molar-refractivity contribution in [3.05, 3.63) is 33.9 Å². The monoisotopic (exact) mass is 301 g/mol. The maximum absolute atomic E-state index is 12.0. The number of carbonyl (C=O) groups excluding carboxylic acids is 1. The normalized spacial score (nSPS) is 12.7. The average Bonchev–Trinajstić information content (AvgIpc) is 2.25. The predicted molar refractivity (Wildman–Crippen MR) is 74.1 cm³/mol. The summed E-state index contributed by atoms with van der Waals surface area (Å²) < 4.78 is 22.2. The SMILES string of the molecule is CC(CS(C)(=O)=O)NC(=O)c1cc(N)ccc1[N+](=O)[O-]. The van der Waals surface area contributed by atoms with Gasteiger partial charge in [0.05, 0.1) is 10.7 Å². The van der Waals surface area contributed by atoms with E-state index >= 15 is 0 Å². The number of amides is 1. The maximum Gasteiger partial charge on any atom is 0.282 e. The van der Waals surface area contributed by atoms with Gasteiger partial charge in [-0.05, 0) is 19.1 Å². The minimum Gasteiger partial charge on any atom is -0.399 e. The van der Waals surface area contributed by atoms with Crippen molar-refractivity contribution in [2.24, 2.45) is 0 Å². The van der Waals surface area contributed by atoms with Crippen LogP contribution in [0.5, 0.6) is 0 Å². The lowest BCUT2D eigenvalue weighted by molar-refractivity contribution is -0.385. The van der Waals surface area contributed by atoms with Gasteiger partial charge in [0.1, 0.15) is 15.4 Å². The van der Waals surface area contributed by atoms with Crippen LogP contribution in [0.3, 0.4) is 0 Å². The second-order valence-corrected chi connectivity index (χ2v) is 6.69. The predicted octanol–water partition coefficient (Wildman–Crippen LogP) is 0.340. The number of nitrogens with two attached hydrogens (primary N) is 1. The number of benzene rings is 1. The number of rotatable bonds is 5. The van der Waals surface area contributed by atoms with Gasteiger partial charge in [-0.1, -0.05) is 0 Å². The minimum atomic E-state index is -3.26. The van der Waals surface area contributed by atoms with E-state index in [2.05, 4.69) is 5.32 Å². The van der Waals surface area contributed by atoms with Crippen molar-refractivity contribution in [2.45, 2.75) is 13.0 Å². The number of hydrogen-bond acceptors (Lipinski definition) is 6. The third-order valence-corrected chi connectivity index (χ3v) is 3.50. The highest BCUT2D eigenvalue weighted by Crippen LogP contribution is 2.21. The van der Waals surface area contributed by atoms with Crippen LogP contribution in [0.2, 0.25) is 0 Å². The molecule has 0 aliphatic rings. The Morgan fingerprint density at radius 2 is 2.10 bits per heavy atom. The summed E-state index contributed by atoms with van der Waals surface area (Å²) in [5.41, 5.74) is 5.12. The van der Waals surface area contributed by atoms with Gasteiger partial charge in [-0.25, -0.2) is 8.42 Å². The molecule has 9 heteroatoms. The molecule has 1 amide bonds. The maximum atomic E-state index is 12.0. The van der Waals surface area contributed by atoms with E-state index in [1.54, 1.807) is 0 Å². The number of hydrogen-bond donors (Lipinski definition) is 2. The van der Waals surface area contributed by atoms with Gasteiger partial charge in [0.2, 0.25) is 0 Å². The first kappa shape index (κ1) is 15.9. The number of nitrogen functional groups attached to an aromatic ring is 1. The third kappa shape index (κ3) is 4.50. The zero-order valence-electron chi connectivity index (χ0n) is 11.0. The summed E-state index contributed by atoms with van der Waals surface area (Å²) in [6.07, 6.45) is 1.04. The topological polar surface area (TPSA) is 132 Å². The fourth-order valence-electron chi connectivity index (χ4n) is 1.69. The van der Waals surface area contributed by atoms with Crippen molar-refractivity contribution in [2.75, 3.05) is 17.7 Å². The van der Waals surface area contributed by atoms with Gasteiger partial charge in [-0.15, -0.1) is 0 Å². The van der Waals surface area contributed by atoms with Crippen molar-refractivity contribution in [1.82, 2.24) is 5.32 Å². The van der Waals surface area contributed by atoms with Crippen LogP contribution >= 0.6 is 0 Å². The van der Waals surface area contributed by atoms with E-state index < -0.39 is 26.7 Å². The summed E-state index contributed by atoms with van der Waals surface area (Å²) in [4.78, 5) is 22.1. The van der Waals surface area contributed by atoms with Gasteiger partial charge in [0, 0.05) is 24.1 Å². The average molecular weight is 301 g/mol. The van der Waals surface area contributed by atoms with Crippen molar-refractivity contribution < 1.29 is 18.1 Å². The molecule has 0 bridgehead atoms. The van der Waals surface area contributed by atoms with Crippen molar-refractivity contribution in [3.63, 3.8) is 0 Å². The van der Waals surface area contributed by atoms with E-state index in [9.17, 15) is 23.3 Å². The first-order valence-corrected chi connectivity index (χ1v) is 7.68. The highest BCUT2D eigenvalue weighted by Gasteiger charge is 2.22. The molecule has 0 saturated carbocycles. The molecule has 0 heterocycles. The van der Waals surface area contributed by atoms with Crippen molar-refractivity contribution in [1.29, 1.82) is 0 Å². The molecule has 8 nitrogen and oxygen atoms in total. The third-order valence-electron chi connectivity index (χ3n) is 2.39. The second-order valence-electron chi connectivity index (χ2n) is 4.50. The lowest BCUT2D eigenvalue weighted by atomic mass is 10.1. The molecule has 1 atom stereocenters. The van der Waals surface area contributed by atoms with Gasteiger partial charge < -0.3 is 11.1 Å². The summed E-state index contributed by atoms with van der Waals surface area (Å²) >= 11 is 0. The van der Waals surface area contributed by atoms with Gasteiger partial charge in [0.15, 0.2) is 0 Å². The van der Waals surface area contributed by atoms with Crippen LogP contribution in [-0.2, 0) is 9.84 Å². The molecule has 1 unspecified atom stereocenters. The van der Waals surface area contributed by atoms with Gasteiger partial charge in [-0.2, -0.15) is 0 Å². The first-order chi connectivity index (χ1) is 9.10. The number of carbonyl (C=O) groups is 1. The number of nitro groups is 1. The van der Waals surface area contributed by atoms with Crippen molar-refractivity contribution in [3.8, 4) is 0 Å². The van der Waals surface area contributed by atoms with Crippen LogP contribution < -0.4 is 11.1 Å². The number of nitro benzene ring substituents is 1. The van der Waals surface area contributed by atoms with E-state index in [0.717, 1.165) is 12.3 Å². The molecule has 0 aliphatic heterocycles. The van der Waals surface area contributed by atoms with Crippen LogP contribution in [0, 0.1) is 10.1 Å². The molecule has 0 radical (unpaired) electrons. The van der Waals surface area contributed by atoms with Crippen LogP contribution in [0.15, 0.2) is 18.2 Å². The van der Waals surface area contributed by atoms with Crippen LogP contribution in [-0.4, -0.2) is 37.3 Å². The lowest BCUT2D eigenvalue weighted by Gasteiger charge is -2.13. The molecule has 1 aromatic rings. The first-order valence-electron chi connectivity index (χ1n) is 5.62. The Morgan fingerprint density at radius 1 is 1.50 bits per heavy atom. The lowest BCUT2D eigenvalue weighted by Crippen LogP contribution is -2.37. The largest absolute Gasteiger partial charge is 0.399 e. The summed E-state index contributed by atoms with van der Waals surface area (Å²) in [6, 6.07) is 2.96. The Morgan fingerprint density at radius 3 is 2.60 bits per heavy atom. The highest BCUT2D eigenvalue weighted by atomic mass is 32.2. The number of anilines is 1. The second kappa shape index (κ2) is 5.87. The Hall–Kier alpha value is -2.16. The van der Waals surface area contributed by atoms with E-state index in [1.807, 2.05) is 0 Å². The molecular weight excluding hydrogens is 286 g/mol. The molecular formula is C11H15N3O5S. The Bertz CT molecular complexity index is 641.